The molecule has 1 saturated heterocycles. The molecule has 0 spiro atoms. The molecular formula is C16H22F3N6+. The monoisotopic (exact) mass is 355 g/mol. The van der Waals surface area contributed by atoms with Crippen LogP contribution in [0.3, 0.4) is 0 Å². The van der Waals surface area contributed by atoms with Crippen molar-refractivity contribution in [2.75, 3.05) is 26.7 Å². The number of halogens is 3. The first-order chi connectivity index (χ1) is 11.7. The molecule has 6 nitrogen and oxygen atoms in total. The summed E-state index contributed by atoms with van der Waals surface area (Å²) in [5.41, 5.74) is -0.332. The molecule has 2 heterocycles. The highest BCUT2D eigenvalue weighted by Crippen LogP contribution is 2.30. The maximum absolute atomic E-state index is 12.9. The number of nitrogens with zero attached hydrogens (tertiary/aromatic N) is 6. The van der Waals surface area contributed by atoms with Crippen LogP contribution in [0.2, 0.25) is 0 Å². The Balaban J connectivity index is 1.82. The SMILES string of the molecule is CN1CCN(C[n+]2cnnn2-c2cccc(C(F)(F)F)c2)CC1(C)C. The van der Waals surface area contributed by atoms with E-state index in [1.165, 1.54) is 17.2 Å². The molecule has 1 aromatic heterocycles. The predicted octanol–water partition coefficient (Wildman–Crippen LogP) is 1.56. The van der Waals surface area contributed by atoms with Crippen molar-refractivity contribution < 1.29 is 17.9 Å². The summed E-state index contributed by atoms with van der Waals surface area (Å²) in [6.45, 7) is 7.52. The minimum Gasteiger partial charge on any atom is -0.299 e. The van der Waals surface area contributed by atoms with Crippen molar-refractivity contribution in [2.45, 2.75) is 32.2 Å². The average Bonchev–Trinajstić information content (AvgIpc) is 2.98. The first-order valence-corrected chi connectivity index (χ1v) is 8.08. The number of rotatable bonds is 3. The molecule has 1 aliphatic rings. The Morgan fingerprint density at radius 1 is 1.24 bits per heavy atom. The van der Waals surface area contributed by atoms with Crippen molar-refractivity contribution in [1.82, 2.24) is 24.9 Å². The third kappa shape index (κ3) is 3.82. The van der Waals surface area contributed by atoms with Crippen LogP contribution >= 0.6 is 0 Å². The molecule has 0 N–H and O–H groups in total. The zero-order valence-electron chi connectivity index (χ0n) is 14.5. The lowest BCUT2D eigenvalue weighted by molar-refractivity contribution is -0.787. The largest absolute Gasteiger partial charge is 0.416 e. The van der Waals surface area contributed by atoms with E-state index in [9.17, 15) is 13.2 Å². The van der Waals surface area contributed by atoms with Crippen LogP contribution in [0.1, 0.15) is 19.4 Å². The van der Waals surface area contributed by atoms with E-state index in [2.05, 4.69) is 41.0 Å². The lowest BCUT2D eigenvalue weighted by Gasteiger charge is -2.44. The van der Waals surface area contributed by atoms with Gasteiger partial charge in [-0.1, -0.05) is 6.07 Å². The van der Waals surface area contributed by atoms with E-state index >= 15 is 0 Å². The number of aromatic nitrogens is 4. The molecular weight excluding hydrogens is 333 g/mol. The normalized spacial score (nSPS) is 19.3. The molecule has 2 aromatic rings. The first kappa shape index (κ1) is 17.8. The lowest BCUT2D eigenvalue weighted by atomic mass is 10.0. The standard InChI is InChI=1S/C16H22F3N6/c1-15(2)10-23(8-7-22(15)3)12-24-11-20-21-25(24)14-6-4-5-13(9-14)16(17,18)19/h4-6,9,11H,7-8,10,12H2,1-3H3/q+1. The Morgan fingerprint density at radius 3 is 2.68 bits per heavy atom. The van der Waals surface area contributed by atoms with Crippen molar-refractivity contribution in [1.29, 1.82) is 0 Å². The fourth-order valence-corrected chi connectivity index (χ4v) is 3.00. The number of hydrogen-bond acceptors (Lipinski definition) is 4. The molecule has 9 heteroatoms. The van der Waals surface area contributed by atoms with E-state index in [0.717, 1.165) is 31.8 Å². The highest BCUT2D eigenvalue weighted by molar-refractivity contribution is 5.34. The van der Waals surface area contributed by atoms with Crippen LogP contribution in [0.4, 0.5) is 13.2 Å². The molecule has 0 amide bonds. The van der Waals surface area contributed by atoms with E-state index in [1.54, 1.807) is 10.7 Å². The van der Waals surface area contributed by atoms with Crippen molar-refractivity contribution >= 4 is 0 Å². The topological polar surface area (TPSA) is 41.1 Å². The molecule has 0 radical (unpaired) electrons. The molecule has 25 heavy (non-hydrogen) atoms. The second kappa shape index (κ2) is 6.38. The number of benzene rings is 1. The Labute approximate surface area is 144 Å². The summed E-state index contributed by atoms with van der Waals surface area (Å²) >= 11 is 0. The molecule has 1 aliphatic heterocycles. The summed E-state index contributed by atoms with van der Waals surface area (Å²) < 4.78 is 40.5. The Hall–Kier alpha value is -2.00. The van der Waals surface area contributed by atoms with Gasteiger partial charge in [-0.15, -0.1) is 4.68 Å². The molecule has 136 valence electrons. The summed E-state index contributed by atoms with van der Waals surface area (Å²) in [5, 5.41) is 7.82. The van der Waals surface area contributed by atoms with Crippen molar-refractivity contribution in [3.8, 4) is 5.69 Å². The van der Waals surface area contributed by atoms with Gasteiger partial charge in [0, 0.05) is 25.2 Å². The first-order valence-electron chi connectivity index (χ1n) is 8.08. The zero-order valence-corrected chi connectivity index (χ0v) is 14.5. The van der Waals surface area contributed by atoms with Crippen LogP contribution < -0.4 is 4.68 Å². The second-order valence-corrected chi connectivity index (χ2v) is 7.03. The van der Waals surface area contributed by atoms with Gasteiger partial charge in [0.25, 0.3) is 6.33 Å². The van der Waals surface area contributed by atoms with E-state index in [0.29, 0.717) is 12.4 Å². The van der Waals surface area contributed by atoms with Crippen LogP contribution in [-0.2, 0) is 12.8 Å². The minimum atomic E-state index is -4.39. The number of piperazine rings is 1. The van der Waals surface area contributed by atoms with Gasteiger partial charge in [0.2, 0.25) is 0 Å². The molecule has 3 rings (SSSR count). The van der Waals surface area contributed by atoms with Gasteiger partial charge in [0.05, 0.1) is 5.56 Å². The molecule has 0 saturated carbocycles. The van der Waals surface area contributed by atoms with Gasteiger partial charge in [-0.05, 0) is 43.9 Å². The highest BCUT2D eigenvalue weighted by atomic mass is 19.4. The summed E-state index contributed by atoms with van der Waals surface area (Å²) in [6, 6.07) is 5.10. The highest BCUT2D eigenvalue weighted by Gasteiger charge is 2.33. The number of tetrazole rings is 1. The van der Waals surface area contributed by atoms with E-state index in [1.807, 2.05) is 0 Å². The number of likely N-dealkylation sites (N-methyl/N-ethyl adjacent to an activating group) is 1. The molecule has 0 bridgehead atoms. The van der Waals surface area contributed by atoms with Crippen LogP contribution in [0.5, 0.6) is 0 Å². The maximum atomic E-state index is 12.9. The van der Waals surface area contributed by atoms with Crippen molar-refractivity contribution in [3.63, 3.8) is 0 Å². The summed E-state index contributed by atoms with van der Waals surface area (Å²) in [5.74, 6) is 0. The van der Waals surface area contributed by atoms with Gasteiger partial charge < -0.3 is 0 Å². The van der Waals surface area contributed by atoms with Gasteiger partial charge in [-0.3, -0.25) is 9.80 Å². The minimum absolute atomic E-state index is 0.0350. The van der Waals surface area contributed by atoms with Crippen LogP contribution in [0, 0.1) is 0 Å². The second-order valence-electron chi connectivity index (χ2n) is 7.03. The Morgan fingerprint density at radius 2 is 2.00 bits per heavy atom. The quantitative estimate of drug-likeness (QED) is 0.784. The van der Waals surface area contributed by atoms with Crippen LogP contribution in [0.25, 0.3) is 5.69 Å². The van der Waals surface area contributed by atoms with Gasteiger partial charge in [0.1, 0.15) is 17.5 Å². The molecule has 0 aliphatic carbocycles. The Bertz CT molecular complexity index is 739. The third-order valence-electron chi connectivity index (χ3n) is 4.71. The molecule has 1 fully saturated rings. The van der Waals surface area contributed by atoms with Crippen LogP contribution in [0.15, 0.2) is 30.6 Å². The average molecular weight is 355 g/mol. The summed E-state index contributed by atoms with van der Waals surface area (Å²) in [6.07, 6.45) is -2.85. The van der Waals surface area contributed by atoms with E-state index in [-0.39, 0.29) is 5.54 Å². The predicted molar refractivity (Wildman–Crippen MR) is 84.8 cm³/mol. The van der Waals surface area contributed by atoms with Gasteiger partial charge >= 0.3 is 6.18 Å². The summed E-state index contributed by atoms with van der Waals surface area (Å²) in [7, 11) is 2.10. The van der Waals surface area contributed by atoms with Gasteiger partial charge in [0.15, 0.2) is 5.21 Å². The van der Waals surface area contributed by atoms with E-state index in [4.69, 9.17) is 0 Å². The van der Waals surface area contributed by atoms with E-state index < -0.39 is 11.7 Å². The van der Waals surface area contributed by atoms with Gasteiger partial charge in [-0.2, -0.15) is 13.2 Å². The number of alkyl halides is 3. The fraction of sp³-hybridized carbons (Fsp3) is 0.562. The smallest absolute Gasteiger partial charge is 0.299 e. The van der Waals surface area contributed by atoms with Crippen molar-refractivity contribution in [3.05, 3.63) is 36.2 Å². The van der Waals surface area contributed by atoms with Crippen LogP contribution in [-0.4, -0.2) is 57.1 Å². The molecule has 0 atom stereocenters. The maximum Gasteiger partial charge on any atom is 0.416 e. The lowest BCUT2D eigenvalue weighted by Crippen LogP contribution is -2.61. The van der Waals surface area contributed by atoms with Crippen molar-refractivity contribution in [2.24, 2.45) is 0 Å². The zero-order chi connectivity index (χ0) is 18.2. The van der Waals surface area contributed by atoms with Gasteiger partial charge in [-0.25, -0.2) is 0 Å². The summed E-state index contributed by atoms with van der Waals surface area (Å²) in [4.78, 5) is 5.95. The number of hydrogen-bond donors (Lipinski definition) is 0. The Kier molecular flexibility index (Phi) is 4.54. The molecule has 0 unspecified atom stereocenters. The molecule has 1 aromatic carbocycles. The third-order valence-corrected chi connectivity index (χ3v) is 4.71. The fourth-order valence-electron chi connectivity index (χ4n) is 3.00.